The van der Waals surface area contributed by atoms with Crippen LogP contribution in [-0.4, -0.2) is 48.5 Å². The van der Waals surface area contributed by atoms with Crippen molar-refractivity contribution in [1.82, 2.24) is 10.1 Å². The van der Waals surface area contributed by atoms with E-state index in [9.17, 15) is 13.2 Å². The van der Waals surface area contributed by atoms with Crippen LogP contribution in [0.15, 0.2) is 16.8 Å². The Morgan fingerprint density at radius 3 is 2.60 bits per heavy atom. The second-order valence-corrected chi connectivity index (χ2v) is 7.92. The van der Waals surface area contributed by atoms with Crippen LogP contribution in [0.25, 0.3) is 0 Å². The molecule has 0 unspecified atom stereocenters. The first kappa shape index (κ1) is 15.0. The zero-order valence-electron chi connectivity index (χ0n) is 11.8. The first-order valence-electron chi connectivity index (χ1n) is 6.81. The van der Waals surface area contributed by atoms with Gasteiger partial charge in [-0.05, 0) is 18.8 Å². The lowest BCUT2D eigenvalue weighted by molar-refractivity contribution is 0.0683. The van der Waals surface area contributed by atoms with Crippen molar-refractivity contribution in [2.75, 3.05) is 18.8 Å². The van der Waals surface area contributed by atoms with Crippen molar-refractivity contribution in [2.24, 2.45) is 5.92 Å². The number of hydrogen-bond donors (Lipinski definition) is 0. The molecular weight excluding hydrogens is 280 g/mol. The van der Waals surface area contributed by atoms with E-state index in [0.29, 0.717) is 25.9 Å². The highest BCUT2D eigenvalue weighted by Crippen LogP contribution is 2.21. The van der Waals surface area contributed by atoms with E-state index in [-0.39, 0.29) is 28.6 Å². The number of carbonyl (C=O) groups excluding carboxylic acids is 1. The predicted molar refractivity (Wildman–Crippen MR) is 74.1 cm³/mol. The van der Waals surface area contributed by atoms with Gasteiger partial charge in [-0.15, -0.1) is 0 Å². The van der Waals surface area contributed by atoms with Crippen molar-refractivity contribution < 1.29 is 17.7 Å². The minimum absolute atomic E-state index is 0.133. The lowest BCUT2D eigenvalue weighted by Crippen LogP contribution is -2.43. The minimum Gasteiger partial charge on any atom is -0.351 e. The molecule has 1 amide bonds. The van der Waals surface area contributed by atoms with Crippen molar-refractivity contribution in [1.29, 1.82) is 0 Å². The van der Waals surface area contributed by atoms with Gasteiger partial charge in [0.05, 0.1) is 17.2 Å². The Labute approximate surface area is 119 Å². The van der Waals surface area contributed by atoms with Crippen LogP contribution in [0.5, 0.6) is 0 Å². The van der Waals surface area contributed by atoms with Gasteiger partial charge < -0.3 is 9.42 Å². The van der Waals surface area contributed by atoms with Crippen LogP contribution in [0.3, 0.4) is 0 Å². The van der Waals surface area contributed by atoms with E-state index in [1.165, 1.54) is 12.3 Å². The molecule has 0 aliphatic carbocycles. The summed E-state index contributed by atoms with van der Waals surface area (Å²) in [5, 5.41) is 3.18. The van der Waals surface area contributed by atoms with Gasteiger partial charge in [-0.1, -0.05) is 19.0 Å². The van der Waals surface area contributed by atoms with Gasteiger partial charge in [0.15, 0.2) is 9.84 Å². The van der Waals surface area contributed by atoms with Gasteiger partial charge in [0.2, 0.25) is 5.76 Å². The van der Waals surface area contributed by atoms with E-state index in [2.05, 4.69) is 5.16 Å². The van der Waals surface area contributed by atoms with Gasteiger partial charge in [0, 0.05) is 19.2 Å². The molecule has 1 fully saturated rings. The van der Waals surface area contributed by atoms with E-state index in [1.807, 2.05) is 13.8 Å². The fourth-order valence-electron chi connectivity index (χ4n) is 2.50. The molecule has 0 N–H and O–H groups in total. The standard InChI is InChI=1S/C13H20N2O4S/c1-10(2)9-20(17,18)11-4-7-15(8-5-11)13(16)12-3-6-14-19-12/h3,6,10-11H,4-5,7-9H2,1-2H3. The molecule has 1 saturated heterocycles. The Morgan fingerprint density at radius 1 is 1.45 bits per heavy atom. The summed E-state index contributed by atoms with van der Waals surface area (Å²) >= 11 is 0. The van der Waals surface area contributed by atoms with Crippen LogP contribution in [0, 0.1) is 5.92 Å². The normalized spacial score (nSPS) is 17.6. The van der Waals surface area contributed by atoms with Crippen molar-refractivity contribution in [3.8, 4) is 0 Å². The van der Waals surface area contributed by atoms with E-state index in [1.54, 1.807) is 4.90 Å². The molecule has 6 nitrogen and oxygen atoms in total. The monoisotopic (exact) mass is 300 g/mol. The van der Waals surface area contributed by atoms with Crippen molar-refractivity contribution in [3.05, 3.63) is 18.0 Å². The Hall–Kier alpha value is -1.37. The van der Waals surface area contributed by atoms with Crippen LogP contribution in [0.4, 0.5) is 0 Å². The number of hydrogen-bond acceptors (Lipinski definition) is 5. The molecule has 0 aromatic carbocycles. The molecule has 0 atom stereocenters. The SMILES string of the molecule is CC(C)CS(=O)(=O)C1CCN(C(=O)c2ccno2)CC1. The van der Waals surface area contributed by atoms with Crippen molar-refractivity contribution in [2.45, 2.75) is 31.9 Å². The van der Waals surface area contributed by atoms with Gasteiger partial charge in [0.25, 0.3) is 5.91 Å². The Morgan fingerprint density at radius 2 is 2.10 bits per heavy atom. The summed E-state index contributed by atoms with van der Waals surface area (Å²) < 4.78 is 29.2. The lowest BCUT2D eigenvalue weighted by atomic mass is 10.1. The van der Waals surface area contributed by atoms with Gasteiger partial charge >= 0.3 is 0 Å². The summed E-state index contributed by atoms with van der Waals surface area (Å²) in [6.07, 6.45) is 2.41. The first-order valence-corrected chi connectivity index (χ1v) is 8.53. The van der Waals surface area contributed by atoms with E-state index in [0.717, 1.165) is 0 Å². The maximum atomic E-state index is 12.2. The fourth-order valence-corrected chi connectivity index (χ4v) is 4.63. The van der Waals surface area contributed by atoms with Gasteiger partial charge in [-0.3, -0.25) is 4.79 Å². The topological polar surface area (TPSA) is 80.5 Å². The number of carbonyl (C=O) groups is 1. The van der Waals surface area contributed by atoms with Crippen molar-refractivity contribution >= 4 is 15.7 Å². The molecule has 0 saturated carbocycles. The Kier molecular flexibility index (Phi) is 4.47. The number of rotatable bonds is 4. The van der Waals surface area contributed by atoms with Crippen LogP contribution in [0.1, 0.15) is 37.2 Å². The van der Waals surface area contributed by atoms with E-state index in [4.69, 9.17) is 4.52 Å². The first-order chi connectivity index (χ1) is 9.40. The predicted octanol–water partition coefficient (Wildman–Crippen LogP) is 1.35. The molecule has 2 heterocycles. The maximum absolute atomic E-state index is 12.2. The molecule has 0 radical (unpaired) electrons. The molecule has 112 valence electrons. The number of nitrogens with zero attached hydrogens (tertiary/aromatic N) is 2. The average Bonchev–Trinajstić information content (AvgIpc) is 2.90. The van der Waals surface area contributed by atoms with E-state index < -0.39 is 9.84 Å². The fraction of sp³-hybridized carbons (Fsp3) is 0.692. The molecule has 1 aromatic heterocycles. The minimum atomic E-state index is -3.06. The molecule has 1 aliphatic rings. The molecule has 0 bridgehead atoms. The number of likely N-dealkylation sites (tertiary alicyclic amines) is 1. The number of amides is 1. The van der Waals surface area contributed by atoms with Gasteiger partial charge in [0.1, 0.15) is 0 Å². The Bertz CT molecular complexity index is 543. The molecule has 1 aromatic rings. The number of sulfone groups is 1. The molecule has 7 heteroatoms. The number of aromatic nitrogens is 1. The highest BCUT2D eigenvalue weighted by Gasteiger charge is 2.32. The van der Waals surface area contributed by atoms with Crippen LogP contribution >= 0.6 is 0 Å². The Balaban J connectivity index is 1.94. The van der Waals surface area contributed by atoms with Crippen LogP contribution in [-0.2, 0) is 9.84 Å². The quantitative estimate of drug-likeness (QED) is 0.838. The largest absolute Gasteiger partial charge is 0.351 e. The summed E-state index contributed by atoms with van der Waals surface area (Å²) in [6, 6.07) is 1.52. The highest BCUT2D eigenvalue weighted by atomic mass is 32.2. The summed E-state index contributed by atoms with van der Waals surface area (Å²) in [5.41, 5.74) is 0. The van der Waals surface area contributed by atoms with Crippen molar-refractivity contribution in [3.63, 3.8) is 0 Å². The molecule has 0 spiro atoms. The average molecular weight is 300 g/mol. The number of piperidine rings is 1. The summed E-state index contributed by atoms with van der Waals surface area (Å²) in [4.78, 5) is 13.7. The lowest BCUT2D eigenvalue weighted by Gasteiger charge is -2.31. The third-order valence-corrected chi connectivity index (χ3v) is 6.07. The zero-order chi connectivity index (χ0) is 14.8. The summed E-state index contributed by atoms with van der Waals surface area (Å²) in [5.74, 6) is 0.331. The third kappa shape index (κ3) is 3.39. The van der Waals surface area contributed by atoms with Crippen LogP contribution in [0.2, 0.25) is 0 Å². The second kappa shape index (κ2) is 5.95. The van der Waals surface area contributed by atoms with Gasteiger partial charge in [-0.2, -0.15) is 0 Å². The van der Waals surface area contributed by atoms with E-state index >= 15 is 0 Å². The maximum Gasteiger partial charge on any atom is 0.292 e. The molecule has 20 heavy (non-hydrogen) atoms. The summed E-state index contributed by atoms with van der Waals surface area (Å²) in [7, 11) is -3.06. The third-order valence-electron chi connectivity index (χ3n) is 3.45. The van der Waals surface area contributed by atoms with Crippen LogP contribution < -0.4 is 0 Å². The zero-order valence-corrected chi connectivity index (χ0v) is 12.6. The second-order valence-electron chi connectivity index (χ2n) is 5.59. The highest BCUT2D eigenvalue weighted by molar-refractivity contribution is 7.92. The molecule has 1 aliphatic heterocycles. The molecule has 2 rings (SSSR count). The van der Waals surface area contributed by atoms with Gasteiger partial charge in [-0.25, -0.2) is 8.42 Å². The molecular formula is C13H20N2O4S. The summed E-state index contributed by atoms with van der Waals surface area (Å²) in [6.45, 7) is 4.70. The smallest absolute Gasteiger partial charge is 0.292 e.